The number of ether oxygens (including phenoxy) is 2. The van der Waals surface area contributed by atoms with E-state index in [2.05, 4.69) is 25.9 Å². The molecule has 4 aromatic rings. The third-order valence-corrected chi connectivity index (χ3v) is 8.17. The number of rotatable bonds is 10. The van der Waals surface area contributed by atoms with Crippen LogP contribution in [0.4, 0.5) is 11.5 Å². The van der Waals surface area contributed by atoms with Crippen molar-refractivity contribution in [2.75, 3.05) is 25.6 Å². The largest absolute Gasteiger partial charge is 0.493 e. The summed E-state index contributed by atoms with van der Waals surface area (Å²) in [7, 11) is 3.08. The third-order valence-electron chi connectivity index (χ3n) is 7.89. The Labute approximate surface area is 277 Å². The molecule has 2 aliphatic rings. The molecule has 1 saturated heterocycles. The van der Waals surface area contributed by atoms with Gasteiger partial charge in [0.15, 0.2) is 18.2 Å². The Morgan fingerprint density at radius 2 is 1.83 bits per heavy atom. The first-order valence-electron chi connectivity index (χ1n) is 14.8. The van der Waals surface area contributed by atoms with E-state index in [1.54, 1.807) is 37.4 Å². The lowest BCUT2D eigenvalue weighted by atomic mass is 10.0. The van der Waals surface area contributed by atoms with E-state index in [9.17, 15) is 28.8 Å². The SMILES string of the molecule is CNC(=O)COc1cc2cc(Nc3nc(CCOc4ccc5c(c4)C(=O)N(C4CCC(=O)NC4=O)C5=O)ncc3Cl)ccc2n(C)c1=O. The molecule has 1 unspecified atom stereocenters. The normalized spacial score (nSPS) is 15.7. The summed E-state index contributed by atoms with van der Waals surface area (Å²) in [5, 5.41) is 8.70. The molecule has 1 fully saturated rings. The van der Waals surface area contributed by atoms with Crippen LogP contribution in [0.2, 0.25) is 5.02 Å². The highest BCUT2D eigenvalue weighted by molar-refractivity contribution is 6.32. The second kappa shape index (κ2) is 13.1. The molecular weight excluding hydrogens is 646 g/mol. The molecule has 0 spiro atoms. The Morgan fingerprint density at radius 1 is 1.04 bits per heavy atom. The summed E-state index contributed by atoms with van der Waals surface area (Å²) in [6.07, 6.45) is 1.81. The monoisotopic (exact) mass is 673 g/mol. The fraction of sp³-hybridized carbons (Fsp3) is 0.250. The summed E-state index contributed by atoms with van der Waals surface area (Å²) in [6.45, 7) is -0.173. The molecule has 2 aromatic carbocycles. The number of pyridine rings is 1. The number of hydrogen-bond acceptors (Lipinski definition) is 11. The molecule has 246 valence electrons. The van der Waals surface area contributed by atoms with Crippen molar-refractivity contribution in [1.29, 1.82) is 0 Å². The van der Waals surface area contributed by atoms with Crippen LogP contribution in [0, 0.1) is 0 Å². The van der Waals surface area contributed by atoms with Crippen LogP contribution in [0.5, 0.6) is 11.5 Å². The molecule has 48 heavy (non-hydrogen) atoms. The highest BCUT2D eigenvalue weighted by atomic mass is 35.5. The molecule has 16 heteroatoms. The molecule has 1 atom stereocenters. The van der Waals surface area contributed by atoms with Crippen LogP contribution in [0.15, 0.2) is 53.5 Å². The highest BCUT2D eigenvalue weighted by Gasteiger charge is 2.44. The van der Waals surface area contributed by atoms with E-state index >= 15 is 0 Å². The number of halogens is 1. The minimum atomic E-state index is -1.06. The van der Waals surface area contributed by atoms with Gasteiger partial charge in [-0.1, -0.05) is 11.6 Å². The number of nitrogens with zero attached hydrogens (tertiary/aromatic N) is 4. The summed E-state index contributed by atoms with van der Waals surface area (Å²) in [5.41, 5.74) is 1.14. The molecule has 4 heterocycles. The number of nitrogens with one attached hydrogen (secondary N) is 3. The summed E-state index contributed by atoms with van der Waals surface area (Å²) in [4.78, 5) is 83.8. The predicted molar refractivity (Wildman–Crippen MR) is 171 cm³/mol. The summed E-state index contributed by atoms with van der Waals surface area (Å²) in [5.74, 6) is -1.63. The number of imide groups is 2. The van der Waals surface area contributed by atoms with Gasteiger partial charge in [0.1, 0.15) is 22.6 Å². The zero-order chi connectivity index (χ0) is 34.1. The Bertz CT molecular complexity index is 2080. The average molecular weight is 674 g/mol. The number of amides is 5. The number of likely N-dealkylation sites (N-methyl/N-ethyl adjacent to an activating group) is 1. The van der Waals surface area contributed by atoms with Crippen molar-refractivity contribution in [2.24, 2.45) is 7.05 Å². The topological polar surface area (TPSA) is 191 Å². The van der Waals surface area contributed by atoms with Gasteiger partial charge in [0, 0.05) is 38.0 Å². The first-order valence-corrected chi connectivity index (χ1v) is 15.2. The number of carbonyl (C=O) groups excluding carboxylic acids is 5. The quantitative estimate of drug-likeness (QED) is 0.208. The number of aryl methyl sites for hydroxylation is 1. The summed E-state index contributed by atoms with van der Waals surface area (Å²) >= 11 is 6.39. The fourth-order valence-corrected chi connectivity index (χ4v) is 5.54. The van der Waals surface area contributed by atoms with E-state index in [1.165, 1.54) is 29.9 Å². The summed E-state index contributed by atoms with van der Waals surface area (Å²) in [6, 6.07) is 10.3. The van der Waals surface area contributed by atoms with Gasteiger partial charge in [-0.25, -0.2) is 9.97 Å². The number of hydrogen-bond donors (Lipinski definition) is 3. The number of anilines is 2. The van der Waals surface area contributed by atoms with E-state index in [1.807, 2.05) is 0 Å². The van der Waals surface area contributed by atoms with Gasteiger partial charge < -0.3 is 24.7 Å². The molecule has 0 aliphatic carbocycles. The molecule has 0 bridgehead atoms. The number of aromatic nitrogens is 3. The predicted octanol–water partition coefficient (Wildman–Crippen LogP) is 1.87. The first-order chi connectivity index (χ1) is 23.0. The van der Waals surface area contributed by atoms with Gasteiger partial charge in [-0.05, 0) is 48.9 Å². The van der Waals surface area contributed by atoms with Crippen molar-refractivity contribution in [2.45, 2.75) is 25.3 Å². The zero-order valence-corrected chi connectivity index (χ0v) is 26.4. The maximum absolute atomic E-state index is 13.1. The first kappa shape index (κ1) is 32.1. The lowest BCUT2D eigenvalue weighted by Crippen LogP contribution is -2.54. The van der Waals surface area contributed by atoms with Crippen molar-refractivity contribution < 1.29 is 33.4 Å². The van der Waals surface area contributed by atoms with Crippen LogP contribution in [0.3, 0.4) is 0 Å². The second-order valence-electron chi connectivity index (χ2n) is 11.0. The van der Waals surface area contributed by atoms with E-state index in [0.29, 0.717) is 34.0 Å². The van der Waals surface area contributed by atoms with Gasteiger partial charge in [-0.3, -0.25) is 39.0 Å². The van der Waals surface area contributed by atoms with Gasteiger partial charge in [0.25, 0.3) is 23.3 Å². The highest BCUT2D eigenvalue weighted by Crippen LogP contribution is 2.31. The van der Waals surface area contributed by atoms with Crippen molar-refractivity contribution >= 4 is 63.5 Å². The van der Waals surface area contributed by atoms with Crippen LogP contribution in [-0.4, -0.2) is 75.3 Å². The maximum Gasteiger partial charge on any atom is 0.293 e. The molecule has 15 nitrogen and oxygen atoms in total. The van der Waals surface area contributed by atoms with Gasteiger partial charge >= 0.3 is 0 Å². The van der Waals surface area contributed by atoms with Crippen LogP contribution in [0.1, 0.15) is 39.4 Å². The molecule has 3 N–H and O–H groups in total. The molecule has 2 aliphatic heterocycles. The third kappa shape index (κ3) is 6.27. The number of benzene rings is 2. The van der Waals surface area contributed by atoms with Gasteiger partial charge in [0.05, 0.1) is 29.4 Å². The van der Waals surface area contributed by atoms with Crippen LogP contribution < -0.4 is 31.0 Å². The average Bonchev–Trinajstić information content (AvgIpc) is 3.31. The minimum Gasteiger partial charge on any atom is -0.493 e. The smallest absolute Gasteiger partial charge is 0.293 e. The maximum atomic E-state index is 13.1. The Hall–Kier alpha value is -5.83. The van der Waals surface area contributed by atoms with Crippen LogP contribution >= 0.6 is 11.6 Å². The van der Waals surface area contributed by atoms with Crippen LogP contribution in [-0.2, 0) is 27.9 Å². The minimum absolute atomic E-state index is 0.0269. The van der Waals surface area contributed by atoms with E-state index in [-0.39, 0.29) is 65.8 Å². The van der Waals surface area contributed by atoms with Crippen molar-refractivity contribution in [3.8, 4) is 11.5 Å². The number of carbonyl (C=O) groups is 5. The number of fused-ring (bicyclic) bond motifs is 2. The molecule has 6 rings (SSSR count). The van der Waals surface area contributed by atoms with Gasteiger partial charge in [0.2, 0.25) is 11.8 Å². The molecule has 0 saturated carbocycles. The van der Waals surface area contributed by atoms with E-state index in [0.717, 1.165) is 4.90 Å². The fourth-order valence-electron chi connectivity index (χ4n) is 5.40. The lowest BCUT2D eigenvalue weighted by molar-refractivity contribution is -0.136. The molecule has 0 radical (unpaired) electrons. The molecular formula is C32H28ClN7O8. The van der Waals surface area contributed by atoms with Crippen molar-refractivity contribution in [1.82, 2.24) is 30.1 Å². The lowest BCUT2D eigenvalue weighted by Gasteiger charge is -2.27. The molecule has 5 amide bonds. The van der Waals surface area contributed by atoms with E-state index in [4.69, 9.17) is 21.1 Å². The van der Waals surface area contributed by atoms with Gasteiger partial charge in [-0.2, -0.15) is 0 Å². The Balaban J connectivity index is 1.12. The Morgan fingerprint density at radius 3 is 2.60 bits per heavy atom. The standard InChI is InChI=1S/C32H28ClN7O8/c1-34-27(42)15-48-24-12-16-11-17(3-6-22(16)39(2)32(24)46)36-28-21(33)14-35-25(37-28)9-10-47-18-4-5-19-20(13-18)31(45)40(30(19)44)23-7-8-26(41)38-29(23)43/h3-6,11-14,23H,7-10,15H2,1-2H3,(H,34,42)(H,35,36,37)(H,38,41,43). The zero-order valence-electron chi connectivity index (χ0n) is 25.7. The summed E-state index contributed by atoms with van der Waals surface area (Å²) < 4.78 is 12.7. The number of piperidine rings is 1. The van der Waals surface area contributed by atoms with Crippen molar-refractivity contribution in [3.05, 3.63) is 81.0 Å². The van der Waals surface area contributed by atoms with Crippen molar-refractivity contribution in [3.63, 3.8) is 0 Å². The Kier molecular flexibility index (Phi) is 8.78. The van der Waals surface area contributed by atoms with E-state index < -0.39 is 29.7 Å². The molecule has 2 aromatic heterocycles. The van der Waals surface area contributed by atoms with Gasteiger partial charge in [-0.15, -0.1) is 0 Å². The van der Waals surface area contributed by atoms with Crippen LogP contribution in [0.25, 0.3) is 10.9 Å². The second-order valence-corrected chi connectivity index (χ2v) is 11.4.